The van der Waals surface area contributed by atoms with Gasteiger partial charge in [0.05, 0.1) is 19.8 Å². The van der Waals surface area contributed by atoms with Crippen molar-refractivity contribution in [2.75, 3.05) is 44.4 Å². The molecule has 1 aliphatic carbocycles. The van der Waals surface area contributed by atoms with E-state index >= 15 is 0 Å². The number of nitrogens with zero attached hydrogens (tertiary/aromatic N) is 2. The number of hydrogen-bond donors (Lipinski definition) is 2. The molecule has 1 aromatic carbocycles. The van der Waals surface area contributed by atoms with Crippen LogP contribution < -0.4 is 10.2 Å². The minimum absolute atomic E-state index is 0.0960. The van der Waals surface area contributed by atoms with Gasteiger partial charge in [-0.15, -0.1) is 0 Å². The van der Waals surface area contributed by atoms with E-state index in [4.69, 9.17) is 9.26 Å². The SMILES string of the molecule is O=C(NCC1(CO)CC1)c1c(N2CCOCC2)noc1-c1ccccc1. The second kappa shape index (κ2) is 7.09. The molecule has 1 saturated heterocycles. The Morgan fingerprint density at radius 2 is 1.96 bits per heavy atom. The van der Waals surface area contributed by atoms with Crippen LogP contribution in [0.1, 0.15) is 23.2 Å². The molecule has 2 heterocycles. The Morgan fingerprint density at radius 3 is 2.62 bits per heavy atom. The summed E-state index contributed by atoms with van der Waals surface area (Å²) in [5, 5.41) is 16.7. The first-order valence-electron chi connectivity index (χ1n) is 8.99. The van der Waals surface area contributed by atoms with Crippen molar-refractivity contribution < 1.29 is 19.2 Å². The maximum absolute atomic E-state index is 13.0. The Morgan fingerprint density at radius 1 is 1.23 bits per heavy atom. The maximum Gasteiger partial charge on any atom is 0.259 e. The Hall–Kier alpha value is -2.38. The van der Waals surface area contributed by atoms with E-state index in [1.54, 1.807) is 0 Å². The summed E-state index contributed by atoms with van der Waals surface area (Å²) >= 11 is 0. The van der Waals surface area contributed by atoms with Crippen molar-refractivity contribution in [3.63, 3.8) is 0 Å². The summed E-state index contributed by atoms with van der Waals surface area (Å²) in [6, 6.07) is 9.52. The van der Waals surface area contributed by atoms with Crippen LogP contribution in [0.4, 0.5) is 5.82 Å². The molecule has 2 N–H and O–H groups in total. The summed E-state index contributed by atoms with van der Waals surface area (Å²) in [5.41, 5.74) is 1.11. The highest BCUT2D eigenvalue weighted by molar-refractivity contribution is 6.04. The fourth-order valence-electron chi connectivity index (χ4n) is 3.19. The fraction of sp³-hybridized carbons (Fsp3) is 0.474. The first-order chi connectivity index (χ1) is 12.7. The third kappa shape index (κ3) is 3.32. The quantitative estimate of drug-likeness (QED) is 0.818. The molecular weight excluding hydrogens is 334 g/mol. The summed E-state index contributed by atoms with van der Waals surface area (Å²) in [7, 11) is 0. The van der Waals surface area contributed by atoms with Crippen LogP contribution >= 0.6 is 0 Å². The van der Waals surface area contributed by atoms with E-state index in [9.17, 15) is 9.90 Å². The monoisotopic (exact) mass is 357 g/mol. The van der Waals surface area contributed by atoms with E-state index in [0.717, 1.165) is 18.4 Å². The summed E-state index contributed by atoms with van der Waals surface area (Å²) < 4.78 is 11.0. The minimum Gasteiger partial charge on any atom is -0.396 e. The molecule has 7 heteroatoms. The predicted octanol–water partition coefficient (Wildman–Crippen LogP) is 1.68. The van der Waals surface area contributed by atoms with Crippen molar-refractivity contribution >= 4 is 11.7 Å². The Balaban J connectivity index is 1.64. The summed E-state index contributed by atoms with van der Waals surface area (Å²) in [4.78, 5) is 15.0. The number of hydrogen-bond acceptors (Lipinski definition) is 6. The van der Waals surface area contributed by atoms with Crippen molar-refractivity contribution in [3.8, 4) is 11.3 Å². The largest absolute Gasteiger partial charge is 0.396 e. The average molecular weight is 357 g/mol. The average Bonchev–Trinajstić information content (AvgIpc) is 3.36. The molecule has 0 spiro atoms. The van der Waals surface area contributed by atoms with Gasteiger partial charge < -0.3 is 24.6 Å². The predicted molar refractivity (Wildman–Crippen MR) is 96.1 cm³/mol. The first kappa shape index (κ1) is 17.1. The highest BCUT2D eigenvalue weighted by Crippen LogP contribution is 2.44. The van der Waals surface area contributed by atoms with E-state index in [1.165, 1.54) is 0 Å². The van der Waals surface area contributed by atoms with Crippen molar-refractivity contribution in [3.05, 3.63) is 35.9 Å². The Labute approximate surface area is 151 Å². The maximum atomic E-state index is 13.0. The smallest absolute Gasteiger partial charge is 0.259 e. The van der Waals surface area contributed by atoms with Crippen LogP contribution in [-0.4, -0.2) is 55.6 Å². The van der Waals surface area contributed by atoms with E-state index in [2.05, 4.69) is 10.5 Å². The van der Waals surface area contributed by atoms with Gasteiger partial charge in [0, 0.05) is 30.6 Å². The van der Waals surface area contributed by atoms with Crippen molar-refractivity contribution in [1.29, 1.82) is 0 Å². The molecule has 0 atom stereocenters. The third-order valence-corrected chi connectivity index (χ3v) is 5.16. The molecule has 2 aromatic rings. The molecule has 26 heavy (non-hydrogen) atoms. The topological polar surface area (TPSA) is 87.8 Å². The minimum atomic E-state index is -0.216. The molecule has 1 aliphatic heterocycles. The third-order valence-electron chi connectivity index (χ3n) is 5.16. The van der Waals surface area contributed by atoms with Crippen LogP contribution in [0.25, 0.3) is 11.3 Å². The van der Waals surface area contributed by atoms with E-state index in [1.807, 2.05) is 35.2 Å². The van der Waals surface area contributed by atoms with E-state index in [0.29, 0.717) is 50.0 Å². The molecule has 1 amide bonds. The number of morpholine rings is 1. The van der Waals surface area contributed by atoms with Crippen LogP contribution in [0.5, 0.6) is 0 Å². The van der Waals surface area contributed by atoms with Gasteiger partial charge >= 0.3 is 0 Å². The van der Waals surface area contributed by atoms with Gasteiger partial charge in [0.2, 0.25) is 0 Å². The zero-order valence-electron chi connectivity index (χ0n) is 14.6. The molecule has 2 fully saturated rings. The lowest BCUT2D eigenvalue weighted by Gasteiger charge is -2.27. The van der Waals surface area contributed by atoms with Gasteiger partial charge in [-0.25, -0.2) is 0 Å². The lowest BCUT2D eigenvalue weighted by atomic mass is 10.1. The Bertz CT molecular complexity index is 764. The van der Waals surface area contributed by atoms with Gasteiger partial charge in [0.1, 0.15) is 5.56 Å². The number of carbonyl (C=O) groups is 1. The second-order valence-electron chi connectivity index (χ2n) is 7.02. The number of aliphatic hydroxyl groups excluding tert-OH is 1. The highest BCUT2D eigenvalue weighted by Gasteiger charge is 2.42. The van der Waals surface area contributed by atoms with Crippen LogP contribution in [0.3, 0.4) is 0 Å². The molecule has 7 nitrogen and oxygen atoms in total. The summed E-state index contributed by atoms with van der Waals surface area (Å²) in [6.07, 6.45) is 1.88. The number of amides is 1. The standard InChI is InChI=1S/C19H23N3O4/c23-13-19(6-7-19)12-20-18(24)15-16(14-4-2-1-3-5-14)26-21-17(15)22-8-10-25-11-9-22/h1-5,23H,6-13H2,(H,20,24). The number of ether oxygens (including phenoxy) is 1. The zero-order valence-corrected chi connectivity index (χ0v) is 14.6. The molecular formula is C19H23N3O4. The van der Waals surface area contributed by atoms with Crippen LogP contribution in [-0.2, 0) is 4.74 Å². The van der Waals surface area contributed by atoms with Crippen LogP contribution in [0.15, 0.2) is 34.9 Å². The van der Waals surface area contributed by atoms with Crippen LogP contribution in [0.2, 0.25) is 0 Å². The molecule has 138 valence electrons. The van der Waals surface area contributed by atoms with Gasteiger partial charge in [-0.3, -0.25) is 4.79 Å². The number of aliphatic hydroxyl groups is 1. The van der Waals surface area contributed by atoms with Gasteiger partial charge in [-0.2, -0.15) is 0 Å². The normalized spacial score (nSPS) is 18.6. The molecule has 0 bridgehead atoms. The van der Waals surface area contributed by atoms with Gasteiger partial charge in [0.15, 0.2) is 11.6 Å². The zero-order chi connectivity index (χ0) is 18.0. The van der Waals surface area contributed by atoms with E-state index < -0.39 is 0 Å². The molecule has 1 saturated carbocycles. The van der Waals surface area contributed by atoms with Gasteiger partial charge in [0.25, 0.3) is 5.91 Å². The number of nitrogens with one attached hydrogen (secondary N) is 1. The van der Waals surface area contributed by atoms with Crippen LogP contribution in [0, 0.1) is 5.41 Å². The number of anilines is 1. The fourth-order valence-corrected chi connectivity index (χ4v) is 3.19. The molecule has 2 aliphatic rings. The first-order valence-corrected chi connectivity index (χ1v) is 8.99. The van der Waals surface area contributed by atoms with Crippen molar-refractivity contribution in [2.45, 2.75) is 12.8 Å². The van der Waals surface area contributed by atoms with Crippen molar-refractivity contribution in [2.24, 2.45) is 5.41 Å². The summed E-state index contributed by atoms with van der Waals surface area (Å²) in [5.74, 6) is 0.809. The highest BCUT2D eigenvalue weighted by atomic mass is 16.5. The number of aromatic nitrogens is 1. The number of carbonyl (C=O) groups excluding carboxylic acids is 1. The van der Waals surface area contributed by atoms with E-state index in [-0.39, 0.29) is 17.9 Å². The second-order valence-corrected chi connectivity index (χ2v) is 7.02. The van der Waals surface area contributed by atoms with Gasteiger partial charge in [-0.1, -0.05) is 35.5 Å². The molecule has 4 rings (SSSR count). The molecule has 0 radical (unpaired) electrons. The summed E-state index contributed by atoms with van der Waals surface area (Å²) in [6.45, 7) is 3.09. The lowest BCUT2D eigenvalue weighted by Crippen LogP contribution is -2.38. The number of benzene rings is 1. The Kier molecular flexibility index (Phi) is 4.65. The lowest BCUT2D eigenvalue weighted by molar-refractivity contribution is 0.0934. The van der Waals surface area contributed by atoms with Crippen molar-refractivity contribution in [1.82, 2.24) is 10.5 Å². The molecule has 1 aromatic heterocycles. The molecule has 0 unspecified atom stereocenters. The number of rotatable bonds is 6. The van der Waals surface area contributed by atoms with Gasteiger partial charge in [-0.05, 0) is 12.8 Å².